The maximum absolute atomic E-state index is 11.7. The number of aromatic hydroxyl groups is 1. The van der Waals surface area contributed by atoms with E-state index in [0.717, 1.165) is 11.3 Å². The fraction of sp³-hybridized carbons (Fsp3) is 0.222. The number of nitrogens with zero attached hydrogens (tertiary/aromatic N) is 2. The molecule has 3 aromatic rings. The highest BCUT2D eigenvalue weighted by molar-refractivity contribution is 6.36. The number of nitrogens with one attached hydrogen (secondary N) is 1. The van der Waals surface area contributed by atoms with Crippen molar-refractivity contribution < 1.29 is 9.90 Å². The number of carbonyl (C=O) groups excluding carboxylic acids is 1. The fourth-order valence-corrected chi connectivity index (χ4v) is 3.53. The first-order valence-corrected chi connectivity index (χ1v) is 8.70. The summed E-state index contributed by atoms with van der Waals surface area (Å²) in [6, 6.07) is 5.15. The summed E-state index contributed by atoms with van der Waals surface area (Å²) < 4.78 is 1.45. The molecule has 2 heterocycles. The van der Waals surface area contributed by atoms with E-state index in [2.05, 4.69) is 10.3 Å². The minimum absolute atomic E-state index is 0.0243. The molecule has 6 nitrogen and oxygen atoms in total. The maximum Gasteiger partial charge on any atom is 0.239 e. The Bertz CT molecular complexity index is 1010. The summed E-state index contributed by atoms with van der Waals surface area (Å²) in [6.45, 7) is 2.05. The molecule has 0 aliphatic carbocycles. The van der Waals surface area contributed by atoms with Gasteiger partial charge < -0.3 is 20.7 Å². The Balaban J connectivity index is 2.36. The van der Waals surface area contributed by atoms with Gasteiger partial charge in [0.05, 0.1) is 10.9 Å². The first-order chi connectivity index (χ1) is 12.4. The number of amides is 1. The topological polar surface area (TPSA) is 93.2 Å². The van der Waals surface area contributed by atoms with Gasteiger partial charge >= 0.3 is 0 Å². The van der Waals surface area contributed by atoms with E-state index in [1.807, 2.05) is 6.92 Å². The molecule has 0 fully saturated rings. The SMILES string of the molecule is CNC(=O)Cn1cc2nc(C)c(CN)c(-c3ccc(Cl)cc3Cl)c2c1O. The number of hydrogen-bond acceptors (Lipinski definition) is 4. The lowest BCUT2D eigenvalue weighted by Gasteiger charge is -2.14. The van der Waals surface area contributed by atoms with Crippen LogP contribution in [-0.4, -0.2) is 27.6 Å². The van der Waals surface area contributed by atoms with Gasteiger partial charge in [-0.15, -0.1) is 0 Å². The quantitative estimate of drug-likeness (QED) is 0.635. The van der Waals surface area contributed by atoms with Crippen molar-refractivity contribution >= 4 is 40.0 Å². The third kappa shape index (κ3) is 3.11. The molecule has 4 N–H and O–H groups in total. The van der Waals surface area contributed by atoms with Gasteiger partial charge in [0.2, 0.25) is 11.8 Å². The van der Waals surface area contributed by atoms with Gasteiger partial charge in [0, 0.05) is 46.7 Å². The van der Waals surface area contributed by atoms with E-state index in [4.69, 9.17) is 28.9 Å². The molecule has 0 spiro atoms. The molecule has 1 amide bonds. The van der Waals surface area contributed by atoms with Gasteiger partial charge in [-0.3, -0.25) is 9.78 Å². The standard InChI is InChI=1S/C18H18Cl2N4O2/c1-9-12(6-21)16(11-4-3-10(19)5-13(11)20)17-14(23-9)7-24(18(17)26)8-15(25)22-2/h3-5,7,26H,6,8,21H2,1-2H3,(H,22,25). The molecule has 0 unspecified atom stereocenters. The molecular weight excluding hydrogens is 375 g/mol. The van der Waals surface area contributed by atoms with Crippen molar-refractivity contribution in [3.63, 3.8) is 0 Å². The molecule has 136 valence electrons. The van der Waals surface area contributed by atoms with Crippen LogP contribution in [0, 0.1) is 6.92 Å². The Morgan fingerprint density at radius 2 is 2.12 bits per heavy atom. The highest BCUT2D eigenvalue weighted by Gasteiger charge is 2.22. The Labute approximate surface area is 160 Å². The summed E-state index contributed by atoms with van der Waals surface area (Å²) in [5.41, 5.74) is 9.42. The summed E-state index contributed by atoms with van der Waals surface area (Å²) in [5.74, 6) is -0.297. The molecule has 0 bridgehead atoms. The van der Waals surface area contributed by atoms with Crippen molar-refractivity contribution in [1.29, 1.82) is 0 Å². The summed E-state index contributed by atoms with van der Waals surface area (Å²) in [7, 11) is 1.54. The second-order valence-corrected chi connectivity index (χ2v) is 6.74. The van der Waals surface area contributed by atoms with Crippen LogP contribution in [0.5, 0.6) is 5.88 Å². The summed E-state index contributed by atoms with van der Waals surface area (Å²) >= 11 is 12.4. The number of pyridine rings is 1. The molecular formula is C18H18Cl2N4O2. The van der Waals surface area contributed by atoms with Gasteiger partial charge in [0.1, 0.15) is 6.54 Å². The van der Waals surface area contributed by atoms with Crippen LogP contribution in [0.4, 0.5) is 0 Å². The lowest BCUT2D eigenvalue weighted by atomic mass is 9.95. The largest absolute Gasteiger partial charge is 0.494 e. The van der Waals surface area contributed by atoms with Gasteiger partial charge in [-0.05, 0) is 24.6 Å². The van der Waals surface area contributed by atoms with E-state index in [9.17, 15) is 9.90 Å². The average molecular weight is 393 g/mol. The molecule has 0 radical (unpaired) electrons. The smallest absolute Gasteiger partial charge is 0.239 e. The molecule has 0 saturated heterocycles. The summed E-state index contributed by atoms with van der Waals surface area (Å²) in [5, 5.41) is 14.8. The van der Waals surface area contributed by atoms with Crippen molar-refractivity contribution in [2.24, 2.45) is 5.73 Å². The van der Waals surface area contributed by atoms with Crippen LogP contribution >= 0.6 is 23.2 Å². The number of halogens is 2. The molecule has 26 heavy (non-hydrogen) atoms. The lowest BCUT2D eigenvalue weighted by molar-refractivity contribution is -0.121. The fourth-order valence-electron chi connectivity index (χ4n) is 3.03. The zero-order valence-electron chi connectivity index (χ0n) is 14.3. The number of aromatic nitrogens is 2. The average Bonchev–Trinajstić information content (AvgIpc) is 2.89. The highest BCUT2D eigenvalue weighted by Crippen LogP contribution is 2.42. The number of benzene rings is 1. The number of aryl methyl sites for hydroxylation is 1. The van der Waals surface area contributed by atoms with Crippen molar-refractivity contribution in [1.82, 2.24) is 14.9 Å². The first kappa shape index (κ1) is 18.5. The second kappa shape index (κ2) is 7.15. The number of nitrogens with two attached hydrogens (primary N) is 1. The summed E-state index contributed by atoms with van der Waals surface area (Å²) in [6.07, 6.45) is 1.64. The lowest BCUT2D eigenvalue weighted by Crippen LogP contribution is -2.22. The van der Waals surface area contributed by atoms with E-state index >= 15 is 0 Å². The van der Waals surface area contributed by atoms with Crippen molar-refractivity contribution in [3.05, 3.63) is 45.7 Å². The maximum atomic E-state index is 11.7. The molecule has 0 aliphatic heterocycles. The first-order valence-electron chi connectivity index (χ1n) is 7.94. The van der Waals surface area contributed by atoms with Crippen LogP contribution in [0.15, 0.2) is 24.4 Å². The van der Waals surface area contributed by atoms with E-state index in [-0.39, 0.29) is 24.9 Å². The van der Waals surface area contributed by atoms with Crippen LogP contribution in [-0.2, 0) is 17.9 Å². The van der Waals surface area contributed by atoms with Crippen molar-refractivity contribution in [2.45, 2.75) is 20.0 Å². The Kier molecular flexibility index (Phi) is 5.09. The Hall–Kier alpha value is -2.28. The minimum Gasteiger partial charge on any atom is -0.494 e. The monoisotopic (exact) mass is 392 g/mol. The van der Waals surface area contributed by atoms with Gasteiger partial charge in [0.25, 0.3) is 0 Å². The van der Waals surface area contributed by atoms with Crippen LogP contribution in [0.25, 0.3) is 22.0 Å². The van der Waals surface area contributed by atoms with Gasteiger partial charge in [-0.25, -0.2) is 0 Å². The molecule has 2 aromatic heterocycles. The highest BCUT2D eigenvalue weighted by atomic mass is 35.5. The van der Waals surface area contributed by atoms with Gasteiger partial charge in [-0.2, -0.15) is 0 Å². The Morgan fingerprint density at radius 3 is 2.73 bits per heavy atom. The van der Waals surface area contributed by atoms with Gasteiger partial charge in [-0.1, -0.05) is 29.3 Å². The van der Waals surface area contributed by atoms with Crippen LogP contribution in [0.3, 0.4) is 0 Å². The number of fused-ring (bicyclic) bond motifs is 1. The van der Waals surface area contributed by atoms with Crippen LogP contribution in [0.2, 0.25) is 10.0 Å². The van der Waals surface area contributed by atoms with E-state index in [1.165, 1.54) is 11.6 Å². The van der Waals surface area contributed by atoms with E-state index in [1.54, 1.807) is 24.4 Å². The van der Waals surface area contributed by atoms with E-state index < -0.39 is 0 Å². The van der Waals surface area contributed by atoms with Crippen molar-refractivity contribution in [2.75, 3.05) is 7.05 Å². The molecule has 0 saturated carbocycles. The third-order valence-electron chi connectivity index (χ3n) is 4.30. The number of hydrogen-bond donors (Lipinski definition) is 3. The molecule has 0 aliphatic rings. The number of rotatable bonds is 4. The molecule has 1 aromatic carbocycles. The van der Waals surface area contributed by atoms with Crippen molar-refractivity contribution in [3.8, 4) is 17.0 Å². The van der Waals surface area contributed by atoms with E-state index in [0.29, 0.717) is 32.1 Å². The molecule has 8 heteroatoms. The molecule has 0 atom stereocenters. The normalized spacial score (nSPS) is 11.1. The minimum atomic E-state index is -0.234. The third-order valence-corrected chi connectivity index (χ3v) is 4.85. The van der Waals surface area contributed by atoms with Crippen LogP contribution in [0.1, 0.15) is 11.3 Å². The summed E-state index contributed by atoms with van der Waals surface area (Å²) in [4.78, 5) is 16.3. The zero-order valence-corrected chi connectivity index (χ0v) is 15.8. The zero-order chi connectivity index (χ0) is 19.0. The number of carbonyl (C=O) groups is 1. The van der Waals surface area contributed by atoms with Gasteiger partial charge in [0.15, 0.2) is 0 Å². The predicted octanol–water partition coefficient (Wildman–Crippen LogP) is 3.23. The second-order valence-electron chi connectivity index (χ2n) is 5.89. The Morgan fingerprint density at radius 1 is 1.38 bits per heavy atom. The predicted molar refractivity (Wildman–Crippen MR) is 104 cm³/mol. The number of likely N-dealkylation sites (N-methyl/N-ethyl adjacent to an activating group) is 1. The van der Waals surface area contributed by atoms with Crippen LogP contribution < -0.4 is 11.1 Å². The molecule has 3 rings (SSSR count).